The fourth-order valence-corrected chi connectivity index (χ4v) is 2.14. The topological polar surface area (TPSA) is 9.23 Å². The van der Waals surface area contributed by atoms with Crippen LogP contribution in [0.3, 0.4) is 0 Å². The van der Waals surface area contributed by atoms with Gasteiger partial charge in [0, 0.05) is 16.4 Å². The first kappa shape index (κ1) is 6.92. The molecule has 0 aliphatic carbocycles. The highest BCUT2D eigenvalue weighted by Crippen LogP contribution is 2.38. The number of thiophene rings is 1. The van der Waals surface area contributed by atoms with Crippen molar-refractivity contribution in [1.82, 2.24) is 0 Å². The van der Waals surface area contributed by atoms with Crippen LogP contribution >= 0.6 is 11.3 Å². The molecule has 58 valence electrons. The van der Waals surface area contributed by atoms with Gasteiger partial charge in [-0.15, -0.1) is 11.3 Å². The lowest BCUT2D eigenvalue weighted by atomic mass is 9.85. The van der Waals surface area contributed by atoms with Gasteiger partial charge in [-0.1, -0.05) is 13.8 Å². The van der Waals surface area contributed by atoms with Crippen molar-refractivity contribution >= 4 is 11.3 Å². The van der Waals surface area contributed by atoms with Crippen molar-refractivity contribution in [2.45, 2.75) is 19.3 Å². The molecular formula is C9H10OS. The zero-order valence-electron chi connectivity index (χ0n) is 6.63. The van der Waals surface area contributed by atoms with E-state index < -0.39 is 0 Å². The predicted molar refractivity (Wildman–Crippen MR) is 47.1 cm³/mol. The average Bonchev–Trinajstić information content (AvgIpc) is 2.34. The number of rotatable bonds is 0. The molecule has 0 N–H and O–H groups in total. The number of hydrogen-bond acceptors (Lipinski definition) is 2. The minimum atomic E-state index is 0.146. The number of fused-ring (bicyclic) bond motifs is 1. The van der Waals surface area contributed by atoms with E-state index in [0.717, 1.165) is 5.75 Å². The normalized spacial score (nSPS) is 19.1. The Bertz CT molecular complexity index is 296. The molecule has 0 fully saturated rings. The van der Waals surface area contributed by atoms with Gasteiger partial charge in [-0.25, -0.2) is 0 Å². The third-order valence-corrected chi connectivity index (χ3v) is 2.72. The number of hydrogen-bond donors (Lipinski definition) is 0. The van der Waals surface area contributed by atoms with Gasteiger partial charge in [0.2, 0.25) is 0 Å². The summed E-state index contributed by atoms with van der Waals surface area (Å²) in [7, 11) is 0. The van der Waals surface area contributed by atoms with Crippen LogP contribution in [0, 0.1) is 0 Å². The van der Waals surface area contributed by atoms with Crippen molar-refractivity contribution in [3.8, 4) is 5.75 Å². The summed E-state index contributed by atoms with van der Waals surface area (Å²) in [5.41, 5.74) is 1.44. The first-order valence-electron chi connectivity index (χ1n) is 3.61. The van der Waals surface area contributed by atoms with Gasteiger partial charge >= 0.3 is 0 Å². The Hall–Kier alpha value is -0.760. The Balaban J connectivity index is 2.56. The lowest BCUT2D eigenvalue weighted by molar-refractivity contribution is 0.434. The summed E-state index contributed by atoms with van der Waals surface area (Å²) >= 11 is 1.69. The second kappa shape index (κ2) is 2.11. The molecule has 2 heteroatoms. The third kappa shape index (κ3) is 0.979. The maximum absolute atomic E-state index is 5.33. The molecule has 0 saturated heterocycles. The van der Waals surface area contributed by atoms with E-state index >= 15 is 0 Å². The molecule has 11 heavy (non-hydrogen) atoms. The van der Waals surface area contributed by atoms with Crippen molar-refractivity contribution in [2.75, 3.05) is 0 Å². The van der Waals surface area contributed by atoms with E-state index in [1.54, 1.807) is 17.6 Å². The van der Waals surface area contributed by atoms with E-state index in [1.165, 1.54) is 5.56 Å². The summed E-state index contributed by atoms with van der Waals surface area (Å²) in [6.45, 7) is 4.38. The van der Waals surface area contributed by atoms with E-state index in [-0.39, 0.29) is 5.41 Å². The van der Waals surface area contributed by atoms with Crippen LogP contribution in [0.2, 0.25) is 0 Å². The Kier molecular flexibility index (Phi) is 1.33. The van der Waals surface area contributed by atoms with E-state index in [1.807, 2.05) is 5.38 Å². The summed E-state index contributed by atoms with van der Waals surface area (Å²) in [6.07, 6.45) is 3.86. The summed E-state index contributed by atoms with van der Waals surface area (Å²) < 4.78 is 5.33. The summed E-state index contributed by atoms with van der Waals surface area (Å²) in [4.78, 5) is 0. The highest BCUT2D eigenvalue weighted by molar-refractivity contribution is 7.08. The molecule has 2 rings (SSSR count). The minimum absolute atomic E-state index is 0.146. The van der Waals surface area contributed by atoms with Gasteiger partial charge in [-0.05, 0) is 11.5 Å². The monoisotopic (exact) mass is 166 g/mol. The van der Waals surface area contributed by atoms with Gasteiger partial charge in [0.25, 0.3) is 0 Å². The largest absolute Gasteiger partial charge is 0.464 e. The Morgan fingerprint density at radius 2 is 2.18 bits per heavy atom. The maximum atomic E-state index is 5.33. The fraction of sp³-hybridized carbons (Fsp3) is 0.333. The van der Waals surface area contributed by atoms with Gasteiger partial charge in [0.05, 0.1) is 6.26 Å². The Morgan fingerprint density at radius 3 is 2.91 bits per heavy atom. The van der Waals surface area contributed by atoms with Gasteiger partial charge in [0.15, 0.2) is 0 Å². The average molecular weight is 166 g/mol. The first-order chi connectivity index (χ1) is 5.20. The van der Waals surface area contributed by atoms with Gasteiger partial charge in [0.1, 0.15) is 5.75 Å². The zero-order valence-corrected chi connectivity index (χ0v) is 7.44. The molecule has 0 spiro atoms. The second-order valence-electron chi connectivity index (χ2n) is 3.29. The maximum Gasteiger partial charge on any atom is 0.141 e. The van der Waals surface area contributed by atoms with Crippen LogP contribution in [0.15, 0.2) is 23.1 Å². The number of ether oxygens (including phenoxy) is 1. The van der Waals surface area contributed by atoms with Crippen LogP contribution in [0.5, 0.6) is 5.75 Å². The number of allylic oxidation sites excluding steroid dienone is 1. The van der Waals surface area contributed by atoms with Crippen LogP contribution in [0.1, 0.15) is 19.4 Å². The molecule has 0 saturated carbocycles. The van der Waals surface area contributed by atoms with Crippen LogP contribution in [0.25, 0.3) is 0 Å². The molecule has 2 heterocycles. The molecular weight excluding hydrogens is 156 g/mol. The molecule has 0 amide bonds. The van der Waals surface area contributed by atoms with Crippen molar-refractivity contribution in [1.29, 1.82) is 0 Å². The van der Waals surface area contributed by atoms with E-state index in [9.17, 15) is 0 Å². The summed E-state index contributed by atoms with van der Waals surface area (Å²) in [5.74, 6) is 1.02. The molecule has 1 aromatic heterocycles. The highest BCUT2D eigenvalue weighted by atomic mass is 32.1. The molecule has 1 aliphatic heterocycles. The summed E-state index contributed by atoms with van der Waals surface area (Å²) in [5, 5.41) is 4.19. The van der Waals surface area contributed by atoms with E-state index in [0.29, 0.717) is 0 Å². The smallest absolute Gasteiger partial charge is 0.141 e. The van der Waals surface area contributed by atoms with Crippen LogP contribution in [0.4, 0.5) is 0 Å². The van der Waals surface area contributed by atoms with Crippen LogP contribution in [-0.2, 0) is 5.41 Å². The zero-order chi connectivity index (χ0) is 7.90. The molecule has 0 bridgehead atoms. The van der Waals surface area contributed by atoms with Gasteiger partial charge in [-0.2, -0.15) is 0 Å². The molecule has 0 aromatic carbocycles. The van der Waals surface area contributed by atoms with Crippen molar-refractivity contribution in [2.24, 2.45) is 0 Å². The molecule has 1 nitrogen and oxygen atoms in total. The van der Waals surface area contributed by atoms with Crippen LogP contribution < -0.4 is 4.74 Å². The SMILES string of the molecule is CC1(C)C=COc2cscc21. The first-order valence-corrected chi connectivity index (χ1v) is 4.55. The summed E-state index contributed by atoms with van der Waals surface area (Å²) in [6, 6.07) is 0. The standard InChI is InChI=1S/C9H10OS/c1-9(2)3-4-10-8-6-11-5-7(8)9/h3-6H,1-2H3. The van der Waals surface area contributed by atoms with Crippen LogP contribution in [-0.4, -0.2) is 0 Å². The van der Waals surface area contributed by atoms with Crippen molar-refractivity contribution in [3.05, 3.63) is 28.7 Å². The van der Waals surface area contributed by atoms with Crippen molar-refractivity contribution < 1.29 is 4.74 Å². The van der Waals surface area contributed by atoms with E-state index in [2.05, 4.69) is 25.3 Å². The van der Waals surface area contributed by atoms with Gasteiger partial charge in [-0.3, -0.25) is 0 Å². The molecule has 1 aliphatic rings. The molecule has 1 aromatic rings. The van der Waals surface area contributed by atoms with Gasteiger partial charge < -0.3 is 4.74 Å². The lowest BCUT2D eigenvalue weighted by Crippen LogP contribution is -2.16. The fourth-order valence-electron chi connectivity index (χ4n) is 1.21. The second-order valence-corrected chi connectivity index (χ2v) is 4.04. The Labute approximate surface area is 70.3 Å². The van der Waals surface area contributed by atoms with Crippen molar-refractivity contribution in [3.63, 3.8) is 0 Å². The minimum Gasteiger partial charge on any atom is -0.464 e. The highest BCUT2D eigenvalue weighted by Gasteiger charge is 2.25. The molecule has 0 unspecified atom stereocenters. The molecule has 0 radical (unpaired) electrons. The third-order valence-electron chi connectivity index (χ3n) is 2.00. The quantitative estimate of drug-likeness (QED) is 0.575. The predicted octanol–water partition coefficient (Wildman–Crippen LogP) is 2.93. The lowest BCUT2D eigenvalue weighted by Gasteiger charge is -2.23. The Morgan fingerprint density at radius 1 is 1.36 bits per heavy atom. The molecule has 0 atom stereocenters. The van der Waals surface area contributed by atoms with E-state index in [4.69, 9.17) is 4.74 Å².